The molecule has 1 aromatic carbocycles. The van der Waals surface area contributed by atoms with Crippen molar-refractivity contribution in [1.82, 2.24) is 0 Å². The van der Waals surface area contributed by atoms with E-state index >= 15 is 0 Å². The molecule has 0 atom stereocenters. The fourth-order valence-corrected chi connectivity index (χ4v) is 1.90. The lowest BCUT2D eigenvalue weighted by Crippen LogP contribution is -2.03. The largest absolute Gasteiger partial charge is 0.468 e. The van der Waals surface area contributed by atoms with Gasteiger partial charge in [-0.15, -0.1) is 11.8 Å². The van der Waals surface area contributed by atoms with Crippen LogP contribution in [0.3, 0.4) is 0 Å². The average Bonchev–Trinajstić information content (AvgIpc) is 2.28. The Morgan fingerprint density at radius 1 is 1.59 bits per heavy atom. The zero-order chi connectivity index (χ0) is 12.8. The summed E-state index contributed by atoms with van der Waals surface area (Å²) >= 11 is 1.25. The van der Waals surface area contributed by atoms with Crippen molar-refractivity contribution in [3.05, 3.63) is 39.7 Å². The first-order valence-electron chi connectivity index (χ1n) is 4.62. The van der Waals surface area contributed by atoms with E-state index in [0.29, 0.717) is 11.3 Å². The number of hydrogen-bond acceptors (Lipinski definition) is 5. The summed E-state index contributed by atoms with van der Waals surface area (Å²) in [6.45, 7) is 0. The van der Waals surface area contributed by atoms with E-state index in [1.807, 2.05) is 0 Å². The maximum atomic E-state index is 13.2. The Hall–Kier alpha value is -1.63. The molecule has 1 aromatic rings. The normalized spacial score (nSPS) is 10.0. The standard InChI is InChI=1S/C10H10FNO4S/c1-16-10(13)6-17-5-7-2-3-9(12(14)15)8(11)4-7/h2-4H,5-6H2,1H3. The number of carbonyl (C=O) groups is 1. The molecular formula is C10H10FNO4S. The van der Waals surface area contributed by atoms with Gasteiger partial charge < -0.3 is 4.74 Å². The van der Waals surface area contributed by atoms with Gasteiger partial charge in [0, 0.05) is 11.8 Å². The number of rotatable bonds is 5. The molecule has 0 N–H and O–H groups in total. The fraction of sp³-hybridized carbons (Fsp3) is 0.300. The summed E-state index contributed by atoms with van der Waals surface area (Å²) in [5.74, 6) is -0.678. The highest BCUT2D eigenvalue weighted by atomic mass is 32.2. The first kappa shape index (κ1) is 13.4. The maximum Gasteiger partial charge on any atom is 0.315 e. The van der Waals surface area contributed by atoms with Crippen LogP contribution in [0.2, 0.25) is 0 Å². The van der Waals surface area contributed by atoms with Crippen molar-refractivity contribution in [2.24, 2.45) is 0 Å². The zero-order valence-corrected chi connectivity index (χ0v) is 9.83. The first-order chi connectivity index (χ1) is 8.04. The van der Waals surface area contributed by atoms with Gasteiger partial charge in [0.25, 0.3) is 0 Å². The molecule has 0 spiro atoms. The molecule has 92 valence electrons. The highest BCUT2D eigenvalue weighted by Crippen LogP contribution is 2.20. The van der Waals surface area contributed by atoms with Crippen LogP contribution in [0.5, 0.6) is 0 Å². The molecule has 0 unspecified atom stereocenters. The first-order valence-corrected chi connectivity index (χ1v) is 5.77. The van der Waals surface area contributed by atoms with Crippen molar-refractivity contribution < 1.29 is 18.8 Å². The Kier molecular flexibility index (Phi) is 4.89. The van der Waals surface area contributed by atoms with E-state index in [1.165, 1.54) is 24.9 Å². The van der Waals surface area contributed by atoms with E-state index in [0.717, 1.165) is 12.1 Å². The van der Waals surface area contributed by atoms with Gasteiger partial charge in [-0.05, 0) is 11.6 Å². The summed E-state index contributed by atoms with van der Waals surface area (Å²) in [6.07, 6.45) is 0. The van der Waals surface area contributed by atoms with Crippen LogP contribution >= 0.6 is 11.8 Å². The van der Waals surface area contributed by atoms with Crippen LogP contribution < -0.4 is 0 Å². The number of halogens is 1. The SMILES string of the molecule is COC(=O)CSCc1ccc([N+](=O)[O-])c(F)c1. The quantitative estimate of drug-likeness (QED) is 0.460. The van der Waals surface area contributed by atoms with Crippen LogP contribution in [-0.2, 0) is 15.3 Å². The van der Waals surface area contributed by atoms with Gasteiger partial charge in [0.05, 0.1) is 17.8 Å². The minimum atomic E-state index is -0.869. The van der Waals surface area contributed by atoms with E-state index in [9.17, 15) is 19.3 Å². The van der Waals surface area contributed by atoms with E-state index in [2.05, 4.69) is 4.74 Å². The minimum Gasteiger partial charge on any atom is -0.468 e. The molecule has 0 aromatic heterocycles. The van der Waals surface area contributed by atoms with Crippen molar-refractivity contribution >= 4 is 23.4 Å². The second-order valence-electron chi connectivity index (χ2n) is 3.11. The Morgan fingerprint density at radius 3 is 2.82 bits per heavy atom. The predicted octanol–water partition coefficient (Wildman–Crippen LogP) is 2.14. The third-order valence-electron chi connectivity index (χ3n) is 1.93. The monoisotopic (exact) mass is 259 g/mol. The number of nitro benzene ring substituents is 1. The number of nitrogens with zero attached hydrogens (tertiary/aromatic N) is 1. The van der Waals surface area contributed by atoms with Gasteiger partial charge in [0.2, 0.25) is 5.82 Å². The van der Waals surface area contributed by atoms with Gasteiger partial charge in [0.1, 0.15) is 0 Å². The van der Waals surface area contributed by atoms with Gasteiger partial charge in [-0.2, -0.15) is 4.39 Å². The average molecular weight is 259 g/mol. The highest BCUT2D eigenvalue weighted by molar-refractivity contribution is 7.99. The topological polar surface area (TPSA) is 69.4 Å². The lowest BCUT2D eigenvalue weighted by Gasteiger charge is -2.01. The lowest BCUT2D eigenvalue weighted by molar-refractivity contribution is -0.387. The molecule has 0 fully saturated rings. The number of benzene rings is 1. The Balaban J connectivity index is 2.59. The van der Waals surface area contributed by atoms with E-state index < -0.39 is 16.4 Å². The van der Waals surface area contributed by atoms with Crippen molar-refractivity contribution in [3.63, 3.8) is 0 Å². The van der Waals surface area contributed by atoms with Gasteiger partial charge in [0.15, 0.2) is 0 Å². The molecule has 7 heteroatoms. The summed E-state index contributed by atoms with van der Waals surface area (Å²) in [5, 5.41) is 10.4. The number of carbonyl (C=O) groups excluding carboxylic acids is 1. The highest BCUT2D eigenvalue weighted by Gasteiger charge is 2.13. The van der Waals surface area contributed by atoms with Crippen molar-refractivity contribution in [3.8, 4) is 0 Å². The second kappa shape index (κ2) is 6.19. The summed E-state index contributed by atoms with van der Waals surface area (Å²) in [4.78, 5) is 20.4. The molecule has 0 amide bonds. The number of esters is 1. The van der Waals surface area contributed by atoms with Crippen LogP contribution in [0.1, 0.15) is 5.56 Å². The number of hydrogen-bond donors (Lipinski definition) is 0. The smallest absolute Gasteiger partial charge is 0.315 e. The van der Waals surface area contributed by atoms with Gasteiger partial charge >= 0.3 is 11.7 Å². The number of methoxy groups -OCH3 is 1. The number of nitro groups is 1. The molecule has 0 saturated carbocycles. The van der Waals surface area contributed by atoms with Crippen LogP contribution in [0.15, 0.2) is 18.2 Å². The summed E-state index contributed by atoms with van der Waals surface area (Å²) in [7, 11) is 1.29. The molecule has 0 saturated heterocycles. The molecular weight excluding hydrogens is 249 g/mol. The van der Waals surface area contributed by atoms with E-state index in [-0.39, 0.29) is 11.7 Å². The molecule has 0 aliphatic carbocycles. The predicted molar refractivity (Wildman–Crippen MR) is 61.2 cm³/mol. The van der Waals surface area contributed by atoms with E-state index in [1.54, 1.807) is 0 Å². The minimum absolute atomic E-state index is 0.162. The van der Waals surface area contributed by atoms with Crippen molar-refractivity contribution in [2.75, 3.05) is 12.9 Å². The molecule has 0 radical (unpaired) electrons. The lowest BCUT2D eigenvalue weighted by atomic mass is 10.2. The van der Waals surface area contributed by atoms with Crippen LogP contribution in [-0.4, -0.2) is 23.8 Å². The Labute approximate surface area is 101 Å². The van der Waals surface area contributed by atoms with Crippen LogP contribution in [0.25, 0.3) is 0 Å². The second-order valence-corrected chi connectivity index (χ2v) is 4.10. The molecule has 1 rings (SSSR count). The van der Waals surface area contributed by atoms with E-state index in [4.69, 9.17) is 0 Å². The number of thioether (sulfide) groups is 1. The maximum absolute atomic E-state index is 13.2. The summed E-state index contributed by atoms with van der Waals surface area (Å²) in [5.41, 5.74) is 0.0359. The molecule has 0 aliphatic rings. The third kappa shape index (κ3) is 4.03. The van der Waals surface area contributed by atoms with Gasteiger partial charge in [-0.1, -0.05) is 6.07 Å². The van der Waals surface area contributed by atoms with Crippen LogP contribution in [0, 0.1) is 15.9 Å². The summed E-state index contributed by atoms with van der Waals surface area (Å²) in [6, 6.07) is 3.68. The van der Waals surface area contributed by atoms with Crippen LogP contribution in [0.4, 0.5) is 10.1 Å². The molecule has 17 heavy (non-hydrogen) atoms. The molecule has 0 aliphatic heterocycles. The molecule has 0 bridgehead atoms. The molecule has 0 heterocycles. The van der Waals surface area contributed by atoms with Crippen molar-refractivity contribution in [1.29, 1.82) is 0 Å². The third-order valence-corrected chi connectivity index (χ3v) is 2.90. The zero-order valence-electron chi connectivity index (χ0n) is 9.01. The van der Waals surface area contributed by atoms with Crippen molar-refractivity contribution in [2.45, 2.75) is 5.75 Å². The van der Waals surface area contributed by atoms with Gasteiger partial charge in [-0.25, -0.2) is 0 Å². The number of ether oxygens (including phenoxy) is 1. The fourth-order valence-electron chi connectivity index (χ4n) is 1.10. The Morgan fingerprint density at radius 2 is 2.29 bits per heavy atom. The molecule has 5 nitrogen and oxygen atoms in total. The summed E-state index contributed by atoms with van der Waals surface area (Å²) < 4.78 is 17.6. The Bertz CT molecular complexity index is 438. The van der Waals surface area contributed by atoms with Gasteiger partial charge in [-0.3, -0.25) is 14.9 Å².